The summed E-state index contributed by atoms with van der Waals surface area (Å²) in [5.74, 6) is -1.19. The zero-order chi connectivity index (χ0) is 22.9. The van der Waals surface area contributed by atoms with Crippen LogP contribution in [-0.2, 0) is 11.0 Å². The molecule has 4 rings (SSSR count). The summed E-state index contributed by atoms with van der Waals surface area (Å²) < 4.78 is 47.4. The number of aromatic nitrogens is 2. The fourth-order valence-electron chi connectivity index (χ4n) is 4.11. The van der Waals surface area contributed by atoms with Gasteiger partial charge in [-0.2, -0.15) is 18.3 Å². The van der Waals surface area contributed by atoms with Gasteiger partial charge in [-0.15, -0.1) is 0 Å². The molecule has 0 amide bonds. The monoisotopic (exact) mass is 442 g/mol. The predicted molar refractivity (Wildman–Crippen MR) is 112 cm³/mol. The summed E-state index contributed by atoms with van der Waals surface area (Å²) in [5, 5.41) is 16.8. The Labute approximate surface area is 182 Å². The molecule has 0 bridgehead atoms. The highest BCUT2D eigenvalue weighted by molar-refractivity contribution is 5.99. The van der Waals surface area contributed by atoms with Crippen molar-refractivity contribution in [2.45, 2.75) is 31.4 Å². The molecule has 1 heterocycles. The molecule has 0 radical (unpaired) electrons. The van der Waals surface area contributed by atoms with Crippen LogP contribution in [0, 0.1) is 0 Å². The smallest absolute Gasteiger partial charge is 0.433 e. The number of aliphatic hydroxyl groups is 1. The average Bonchev–Trinajstić information content (AvgIpc) is 3.22. The number of methoxy groups -OCH3 is 1. The third-order valence-corrected chi connectivity index (χ3v) is 5.59. The molecule has 1 aliphatic rings. The summed E-state index contributed by atoms with van der Waals surface area (Å²) >= 11 is 0. The number of aliphatic hydroxyl groups excluding tert-OH is 1. The number of carbonyl (C=O) groups is 1. The summed E-state index contributed by atoms with van der Waals surface area (Å²) in [6.07, 6.45) is -3.90. The van der Waals surface area contributed by atoms with Crippen molar-refractivity contribution in [1.82, 2.24) is 10.2 Å². The summed E-state index contributed by atoms with van der Waals surface area (Å²) in [4.78, 5) is 12.9. The van der Waals surface area contributed by atoms with Crippen molar-refractivity contribution in [2.24, 2.45) is 0 Å². The number of H-pyrrole nitrogens is 1. The number of carbonyl (C=O) groups excluding carboxylic acids is 1. The van der Waals surface area contributed by atoms with Gasteiger partial charge in [0.25, 0.3) is 0 Å². The number of hydrogen-bond donors (Lipinski definition) is 2. The highest BCUT2D eigenvalue weighted by Crippen LogP contribution is 2.46. The van der Waals surface area contributed by atoms with Crippen LogP contribution in [0.1, 0.15) is 42.0 Å². The first-order chi connectivity index (χ1) is 15.3. The molecule has 0 aliphatic heterocycles. The molecule has 3 aromatic rings. The van der Waals surface area contributed by atoms with E-state index in [1.165, 1.54) is 7.11 Å². The molecule has 0 fully saturated rings. The summed E-state index contributed by atoms with van der Waals surface area (Å²) in [7, 11) is 1.48. The van der Waals surface area contributed by atoms with Crippen LogP contribution >= 0.6 is 0 Å². The SMILES string of the molecule is COc1ccc(C(C2=C(O)CCCC2=O)c2c(-c3ccccc3)n[nH]c2C(F)(F)F)cc1. The number of halogens is 3. The van der Waals surface area contributed by atoms with Crippen molar-refractivity contribution in [3.05, 3.63) is 82.8 Å². The van der Waals surface area contributed by atoms with E-state index in [4.69, 9.17) is 4.74 Å². The Morgan fingerprint density at radius 1 is 1.06 bits per heavy atom. The second-order valence-electron chi connectivity index (χ2n) is 7.57. The van der Waals surface area contributed by atoms with Gasteiger partial charge in [-0.05, 0) is 24.1 Å². The molecule has 1 aromatic heterocycles. The zero-order valence-corrected chi connectivity index (χ0v) is 17.2. The average molecular weight is 442 g/mol. The lowest BCUT2D eigenvalue weighted by molar-refractivity contribution is -0.142. The van der Waals surface area contributed by atoms with Gasteiger partial charge in [-0.3, -0.25) is 9.89 Å². The standard InChI is InChI=1S/C24H21F3N2O3/c1-32-16-12-10-14(11-13-16)19(20-17(30)8-5-9-18(20)31)21-22(15-6-3-2-4-7-15)28-29-23(21)24(25,26)27/h2-4,6-7,10-13,19,30H,5,8-9H2,1H3,(H,28,29). The largest absolute Gasteiger partial charge is 0.512 e. The Hall–Kier alpha value is -3.55. The Kier molecular flexibility index (Phi) is 5.78. The Morgan fingerprint density at radius 3 is 2.34 bits per heavy atom. The van der Waals surface area contributed by atoms with Crippen LogP contribution in [0.5, 0.6) is 5.75 Å². The number of alkyl halides is 3. The van der Waals surface area contributed by atoms with Crippen LogP contribution in [0.2, 0.25) is 0 Å². The Balaban J connectivity index is 2.03. The number of allylic oxidation sites excluding steroid dienone is 2. The van der Waals surface area contributed by atoms with Crippen molar-refractivity contribution in [1.29, 1.82) is 0 Å². The number of aromatic amines is 1. The molecule has 32 heavy (non-hydrogen) atoms. The Morgan fingerprint density at radius 2 is 1.75 bits per heavy atom. The van der Waals surface area contributed by atoms with Crippen molar-refractivity contribution in [3.8, 4) is 17.0 Å². The molecular weight excluding hydrogens is 421 g/mol. The minimum absolute atomic E-state index is 0.0227. The number of Topliss-reactive ketones (excluding diaryl/α,β-unsaturated/α-hetero) is 1. The van der Waals surface area contributed by atoms with E-state index in [-0.39, 0.29) is 41.2 Å². The topological polar surface area (TPSA) is 75.2 Å². The number of benzene rings is 2. The minimum atomic E-state index is -4.74. The van der Waals surface area contributed by atoms with Gasteiger partial charge < -0.3 is 9.84 Å². The van der Waals surface area contributed by atoms with E-state index >= 15 is 0 Å². The zero-order valence-electron chi connectivity index (χ0n) is 17.2. The van der Waals surface area contributed by atoms with Gasteiger partial charge in [-0.1, -0.05) is 42.5 Å². The van der Waals surface area contributed by atoms with Gasteiger partial charge in [-0.25, -0.2) is 0 Å². The van der Waals surface area contributed by atoms with Crippen LogP contribution < -0.4 is 4.74 Å². The van der Waals surface area contributed by atoms with Crippen molar-refractivity contribution >= 4 is 5.78 Å². The van der Waals surface area contributed by atoms with Gasteiger partial charge in [0.05, 0.1) is 18.6 Å². The lowest BCUT2D eigenvalue weighted by Crippen LogP contribution is -2.22. The Bertz CT molecular complexity index is 1150. The first kappa shape index (κ1) is 21.7. The second-order valence-corrected chi connectivity index (χ2v) is 7.57. The quantitative estimate of drug-likeness (QED) is 0.524. The molecule has 0 saturated heterocycles. The van der Waals surface area contributed by atoms with E-state index in [1.54, 1.807) is 54.6 Å². The van der Waals surface area contributed by atoms with Gasteiger partial charge in [0.15, 0.2) is 5.78 Å². The lowest BCUT2D eigenvalue weighted by Gasteiger charge is -2.26. The summed E-state index contributed by atoms with van der Waals surface area (Å²) in [6, 6.07) is 14.9. The van der Waals surface area contributed by atoms with Gasteiger partial charge >= 0.3 is 6.18 Å². The predicted octanol–water partition coefficient (Wildman–Crippen LogP) is 5.80. The van der Waals surface area contributed by atoms with E-state index in [0.717, 1.165) is 0 Å². The summed E-state index contributed by atoms with van der Waals surface area (Å²) in [6.45, 7) is 0. The molecule has 8 heteroatoms. The van der Waals surface area contributed by atoms with Crippen LogP contribution in [-0.4, -0.2) is 28.2 Å². The highest BCUT2D eigenvalue weighted by Gasteiger charge is 2.43. The molecule has 5 nitrogen and oxygen atoms in total. The van der Waals surface area contributed by atoms with E-state index in [2.05, 4.69) is 10.2 Å². The van der Waals surface area contributed by atoms with Crippen LogP contribution in [0.25, 0.3) is 11.3 Å². The third-order valence-electron chi connectivity index (χ3n) is 5.59. The van der Waals surface area contributed by atoms with Gasteiger partial charge in [0, 0.05) is 35.5 Å². The fraction of sp³-hybridized carbons (Fsp3) is 0.250. The molecular formula is C24H21F3N2O3. The number of ether oxygens (including phenoxy) is 1. The molecule has 1 aliphatic carbocycles. The number of rotatable bonds is 5. The fourth-order valence-corrected chi connectivity index (χ4v) is 4.11. The molecule has 1 atom stereocenters. The third kappa shape index (κ3) is 4.00. The molecule has 1 unspecified atom stereocenters. The maximum absolute atomic E-state index is 14.1. The van der Waals surface area contributed by atoms with Crippen LogP contribution in [0.4, 0.5) is 13.2 Å². The van der Waals surface area contributed by atoms with E-state index in [0.29, 0.717) is 23.3 Å². The first-order valence-electron chi connectivity index (χ1n) is 10.1. The molecule has 2 N–H and O–H groups in total. The van der Waals surface area contributed by atoms with Crippen molar-refractivity contribution in [2.75, 3.05) is 7.11 Å². The maximum Gasteiger partial charge on any atom is 0.433 e. The molecule has 0 spiro atoms. The van der Waals surface area contributed by atoms with E-state index in [9.17, 15) is 23.1 Å². The maximum atomic E-state index is 14.1. The van der Waals surface area contributed by atoms with Crippen LogP contribution in [0.3, 0.4) is 0 Å². The van der Waals surface area contributed by atoms with Crippen molar-refractivity contribution in [3.63, 3.8) is 0 Å². The number of nitrogens with one attached hydrogen (secondary N) is 1. The van der Waals surface area contributed by atoms with Crippen molar-refractivity contribution < 1.29 is 27.8 Å². The van der Waals surface area contributed by atoms with Crippen LogP contribution in [0.15, 0.2) is 65.9 Å². The number of hydrogen-bond acceptors (Lipinski definition) is 4. The molecule has 2 aromatic carbocycles. The second kappa shape index (κ2) is 8.53. The van der Waals surface area contributed by atoms with E-state index < -0.39 is 17.8 Å². The first-order valence-corrected chi connectivity index (χ1v) is 10.1. The molecule has 0 saturated carbocycles. The minimum Gasteiger partial charge on any atom is -0.512 e. The van der Waals surface area contributed by atoms with Gasteiger partial charge in [0.1, 0.15) is 11.4 Å². The van der Waals surface area contributed by atoms with E-state index in [1.807, 2.05) is 0 Å². The lowest BCUT2D eigenvalue weighted by atomic mass is 9.77. The number of ketones is 1. The number of nitrogens with zero attached hydrogens (tertiary/aromatic N) is 1. The normalized spacial score (nSPS) is 15.7. The van der Waals surface area contributed by atoms with Gasteiger partial charge in [0.2, 0.25) is 0 Å². The molecule has 166 valence electrons. The highest BCUT2D eigenvalue weighted by atomic mass is 19.4. The summed E-state index contributed by atoms with van der Waals surface area (Å²) in [5.41, 5.74) is -0.285.